The van der Waals surface area contributed by atoms with Crippen molar-refractivity contribution >= 4 is 33.2 Å². The van der Waals surface area contributed by atoms with Gasteiger partial charge in [-0.3, -0.25) is 14.9 Å². The first kappa shape index (κ1) is 17.4. The van der Waals surface area contributed by atoms with Gasteiger partial charge in [0.1, 0.15) is 5.02 Å². The maximum atomic E-state index is 12.0. The molecule has 7 nitrogen and oxygen atoms in total. The van der Waals surface area contributed by atoms with Gasteiger partial charge in [0.2, 0.25) is 5.91 Å². The zero-order valence-electron chi connectivity index (χ0n) is 11.7. The van der Waals surface area contributed by atoms with Crippen molar-refractivity contribution in [3.05, 3.63) is 33.3 Å². The number of nitrogens with zero attached hydrogens (tertiary/aromatic N) is 1. The normalized spacial score (nSPS) is 12.0. The summed E-state index contributed by atoms with van der Waals surface area (Å²) in [6, 6.07) is 2.94. The van der Waals surface area contributed by atoms with Crippen LogP contribution in [-0.4, -0.2) is 19.2 Å². The van der Waals surface area contributed by atoms with E-state index in [9.17, 15) is 23.3 Å². The minimum Gasteiger partial charge on any atom is -0.274 e. The first-order chi connectivity index (χ1) is 9.42. The number of benzene rings is 1. The summed E-state index contributed by atoms with van der Waals surface area (Å²) in [5.41, 5.74) is -0.774. The number of hydrogen-bond donors (Lipinski definition) is 1. The molecule has 0 aliphatic heterocycles. The van der Waals surface area contributed by atoms with Crippen molar-refractivity contribution in [1.82, 2.24) is 4.72 Å². The Morgan fingerprint density at radius 1 is 1.38 bits per heavy atom. The second-order valence-corrected chi connectivity index (χ2v) is 7.73. The zero-order chi connectivity index (χ0) is 16.4. The van der Waals surface area contributed by atoms with Crippen LogP contribution < -0.4 is 4.72 Å². The van der Waals surface area contributed by atoms with Crippen molar-refractivity contribution in [1.29, 1.82) is 0 Å². The summed E-state index contributed by atoms with van der Waals surface area (Å²) in [6.45, 7) is 5.38. The molecule has 0 saturated carbocycles. The molecule has 0 atom stereocenters. The summed E-state index contributed by atoms with van der Waals surface area (Å²) in [5, 5.41) is 10.3. The Balaban J connectivity index is 3.01. The Labute approximate surface area is 127 Å². The molecule has 116 valence electrons. The van der Waals surface area contributed by atoms with E-state index in [4.69, 9.17) is 11.6 Å². The number of hydrogen-bond acceptors (Lipinski definition) is 5. The van der Waals surface area contributed by atoms with Gasteiger partial charge in [-0.25, -0.2) is 13.1 Å². The lowest BCUT2D eigenvalue weighted by atomic mass is 9.92. The van der Waals surface area contributed by atoms with Crippen LogP contribution in [0.15, 0.2) is 23.1 Å². The van der Waals surface area contributed by atoms with Crippen LogP contribution in [0.3, 0.4) is 0 Å². The molecule has 0 spiro atoms. The lowest BCUT2D eigenvalue weighted by molar-refractivity contribution is -0.384. The highest BCUT2D eigenvalue weighted by atomic mass is 35.5. The van der Waals surface area contributed by atoms with Crippen LogP contribution in [0.2, 0.25) is 5.02 Å². The fourth-order valence-electron chi connectivity index (χ4n) is 1.53. The molecule has 1 N–H and O–H groups in total. The molecule has 1 rings (SSSR count). The Morgan fingerprint density at radius 3 is 2.38 bits per heavy atom. The van der Waals surface area contributed by atoms with Gasteiger partial charge < -0.3 is 0 Å². The lowest BCUT2D eigenvalue weighted by Crippen LogP contribution is -2.33. The number of amides is 1. The van der Waals surface area contributed by atoms with Crippen LogP contribution in [0.25, 0.3) is 0 Å². The van der Waals surface area contributed by atoms with Crippen molar-refractivity contribution in [2.24, 2.45) is 5.41 Å². The van der Waals surface area contributed by atoms with Gasteiger partial charge in [0, 0.05) is 12.5 Å². The molecule has 0 aliphatic carbocycles. The summed E-state index contributed by atoms with van der Waals surface area (Å²) in [7, 11) is -4.10. The van der Waals surface area contributed by atoms with Crippen LogP contribution in [0.4, 0.5) is 5.69 Å². The fourth-order valence-corrected chi connectivity index (χ4v) is 2.85. The summed E-state index contributed by atoms with van der Waals surface area (Å²) in [4.78, 5) is 21.3. The maximum absolute atomic E-state index is 12.0. The van der Waals surface area contributed by atoms with E-state index in [1.807, 2.05) is 4.72 Å². The van der Waals surface area contributed by atoms with E-state index in [1.165, 1.54) is 0 Å². The first-order valence-electron chi connectivity index (χ1n) is 5.92. The zero-order valence-corrected chi connectivity index (χ0v) is 13.3. The van der Waals surface area contributed by atoms with E-state index in [1.54, 1.807) is 20.8 Å². The fraction of sp³-hybridized carbons (Fsp3) is 0.417. The molecular formula is C12H15ClN2O5S. The molecule has 0 heterocycles. The van der Waals surface area contributed by atoms with Gasteiger partial charge in [0.25, 0.3) is 15.7 Å². The number of carbonyl (C=O) groups is 1. The van der Waals surface area contributed by atoms with Crippen molar-refractivity contribution in [2.75, 3.05) is 0 Å². The number of rotatable bonds is 4. The smallest absolute Gasteiger partial charge is 0.274 e. The summed E-state index contributed by atoms with van der Waals surface area (Å²) >= 11 is 5.65. The minimum absolute atomic E-state index is 0.0208. The van der Waals surface area contributed by atoms with Crippen LogP contribution in [0.1, 0.15) is 27.2 Å². The Hall–Kier alpha value is -1.67. The number of sulfonamides is 1. The predicted molar refractivity (Wildman–Crippen MR) is 77.5 cm³/mol. The number of nitrogens with one attached hydrogen (secondary N) is 1. The maximum Gasteiger partial charge on any atom is 0.287 e. The minimum atomic E-state index is -4.10. The van der Waals surface area contributed by atoms with Gasteiger partial charge in [0.15, 0.2) is 0 Å². The molecule has 9 heteroatoms. The van der Waals surface area contributed by atoms with E-state index in [2.05, 4.69) is 0 Å². The van der Waals surface area contributed by atoms with Gasteiger partial charge in [-0.1, -0.05) is 32.4 Å². The Kier molecular flexibility index (Phi) is 4.95. The Morgan fingerprint density at radius 2 is 1.95 bits per heavy atom. The van der Waals surface area contributed by atoms with Crippen molar-refractivity contribution in [3.63, 3.8) is 0 Å². The average Bonchev–Trinajstić information content (AvgIpc) is 2.24. The van der Waals surface area contributed by atoms with Crippen LogP contribution >= 0.6 is 11.6 Å². The van der Waals surface area contributed by atoms with Gasteiger partial charge in [-0.2, -0.15) is 0 Å². The molecule has 0 radical (unpaired) electrons. The predicted octanol–water partition coefficient (Wildman–Crippen LogP) is 2.49. The highest BCUT2D eigenvalue weighted by molar-refractivity contribution is 7.90. The molecule has 0 bridgehead atoms. The lowest BCUT2D eigenvalue weighted by Gasteiger charge is -2.17. The van der Waals surface area contributed by atoms with Crippen molar-refractivity contribution in [3.8, 4) is 0 Å². The molecule has 1 amide bonds. The van der Waals surface area contributed by atoms with Crippen LogP contribution in [-0.2, 0) is 14.8 Å². The first-order valence-corrected chi connectivity index (χ1v) is 7.78. The van der Waals surface area contributed by atoms with Gasteiger partial charge in [0.05, 0.1) is 9.82 Å². The standard InChI is InChI=1S/C12H15ClN2O5S/c1-12(2,3)7-11(16)14-21(19,20)8-4-5-10(15(17)18)9(13)6-8/h4-6H,7H2,1-3H3,(H,14,16). The van der Waals surface area contributed by atoms with Gasteiger partial charge >= 0.3 is 0 Å². The second kappa shape index (κ2) is 5.98. The number of nitro groups is 1. The van der Waals surface area contributed by atoms with E-state index < -0.39 is 26.5 Å². The number of nitro benzene ring substituents is 1. The van der Waals surface area contributed by atoms with E-state index in [-0.39, 0.29) is 21.8 Å². The van der Waals surface area contributed by atoms with Crippen LogP contribution in [0.5, 0.6) is 0 Å². The average molecular weight is 335 g/mol. The summed E-state index contributed by atoms with van der Waals surface area (Å²) in [5.74, 6) is -0.656. The summed E-state index contributed by atoms with van der Waals surface area (Å²) in [6.07, 6.45) is 0.0208. The Bertz CT molecular complexity index is 679. The van der Waals surface area contributed by atoms with E-state index in [0.29, 0.717) is 0 Å². The SMILES string of the molecule is CC(C)(C)CC(=O)NS(=O)(=O)c1ccc([N+](=O)[O-])c(Cl)c1. The molecule has 1 aromatic carbocycles. The van der Waals surface area contributed by atoms with E-state index in [0.717, 1.165) is 18.2 Å². The van der Waals surface area contributed by atoms with Gasteiger partial charge in [-0.05, 0) is 17.5 Å². The summed E-state index contributed by atoms with van der Waals surface area (Å²) < 4.78 is 25.9. The van der Waals surface area contributed by atoms with Crippen molar-refractivity contribution in [2.45, 2.75) is 32.1 Å². The topological polar surface area (TPSA) is 106 Å². The molecule has 0 saturated heterocycles. The molecular weight excluding hydrogens is 320 g/mol. The van der Waals surface area contributed by atoms with Crippen molar-refractivity contribution < 1.29 is 18.1 Å². The molecule has 0 aromatic heterocycles. The highest BCUT2D eigenvalue weighted by Crippen LogP contribution is 2.27. The van der Waals surface area contributed by atoms with E-state index >= 15 is 0 Å². The molecule has 1 aromatic rings. The molecule has 0 unspecified atom stereocenters. The number of carbonyl (C=O) groups excluding carboxylic acids is 1. The molecule has 0 aliphatic rings. The van der Waals surface area contributed by atoms with Crippen LogP contribution in [0, 0.1) is 15.5 Å². The molecule has 0 fully saturated rings. The van der Waals surface area contributed by atoms with Gasteiger partial charge in [-0.15, -0.1) is 0 Å². The number of halogens is 1. The quantitative estimate of drug-likeness (QED) is 0.672. The largest absolute Gasteiger partial charge is 0.287 e. The second-order valence-electron chi connectivity index (χ2n) is 5.64. The molecule has 21 heavy (non-hydrogen) atoms. The third kappa shape index (κ3) is 4.98. The highest BCUT2D eigenvalue weighted by Gasteiger charge is 2.24. The monoisotopic (exact) mass is 334 g/mol. The third-order valence-electron chi connectivity index (χ3n) is 2.37. The third-order valence-corrected chi connectivity index (χ3v) is 4.04.